The smallest absolute Gasteiger partial charge is 0.216 e. The number of hydrogen-bond donors (Lipinski definition) is 0. The summed E-state index contributed by atoms with van der Waals surface area (Å²) in [6.07, 6.45) is 0. The molecule has 0 radical (unpaired) electrons. The van der Waals surface area contributed by atoms with E-state index < -0.39 is 0 Å². The fourth-order valence-corrected chi connectivity index (χ4v) is 2.79. The SMILES string of the molecule is CC1(C)COC(c2cc(Br)cc(C3=NC(C)(C)CO3)c2)=N1. The van der Waals surface area contributed by atoms with Gasteiger partial charge in [-0.05, 0) is 45.9 Å². The van der Waals surface area contributed by atoms with Crippen molar-refractivity contribution >= 4 is 27.7 Å². The van der Waals surface area contributed by atoms with Crippen LogP contribution in [0.4, 0.5) is 0 Å². The second-order valence-corrected chi connectivity index (χ2v) is 7.68. The summed E-state index contributed by atoms with van der Waals surface area (Å²) < 4.78 is 12.4. The Morgan fingerprint density at radius 3 is 1.62 bits per heavy atom. The lowest BCUT2D eigenvalue weighted by Gasteiger charge is -2.07. The number of nitrogens with zero attached hydrogens (tertiary/aromatic N) is 2. The van der Waals surface area contributed by atoms with Gasteiger partial charge in [0.2, 0.25) is 11.8 Å². The van der Waals surface area contributed by atoms with Gasteiger partial charge in [-0.1, -0.05) is 15.9 Å². The molecule has 5 heteroatoms. The van der Waals surface area contributed by atoms with E-state index in [1.54, 1.807) is 0 Å². The second-order valence-electron chi connectivity index (χ2n) is 6.76. The number of halogens is 1. The lowest BCUT2D eigenvalue weighted by atomic mass is 10.1. The summed E-state index contributed by atoms with van der Waals surface area (Å²) in [6.45, 7) is 9.46. The van der Waals surface area contributed by atoms with E-state index in [0.29, 0.717) is 25.0 Å². The van der Waals surface area contributed by atoms with Gasteiger partial charge in [-0.3, -0.25) is 0 Å². The molecular weight excluding hydrogens is 332 g/mol. The Morgan fingerprint density at radius 1 is 0.857 bits per heavy atom. The predicted molar refractivity (Wildman–Crippen MR) is 87.3 cm³/mol. The van der Waals surface area contributed by atoms with Crippen LogP contribution in [0.2, 0.25) is 0 Å². The lowest BCUT2D eigenvalue weighted by molar-refractivity contribution is 0.279. The van der Waals surface area contributed by atoms with Gasteiger partial charge in [-0.15, -0.1) is 0 Å². The molecule has 0 aliphatic carbocycles. The summed E-state index contributed by atoms with van der Waals surface area (Å²) in [5.74, 6) is 1.36. The molecule has 0 aromatic heterocycles. The molecule has 1 aromatic rings. The molecule has 3 rings (SSSR count). The van der Waals surface area contributed by atoms with Crippen LogP contribution < -0.4 is 0 Å². The van der Waals surface area contributed by atoms with Crippen LogP contribution in [0.3, 0.4) is 0 Å². The van der Waals surface area contributed by atoms with E-state index in [4.69, 9.17) is 9.47 Å². The Labute approximate surface area is 133 Å². The molecule has 112 valence electrons. The minimum Gasteiger partial charge on any atom is -0.475 e. The maximum absolute atomic E-state index is 5.72. The highest BCUT2D eigenvalue weighted by Crippen LogP contribution is 2.26. The van der Waals surface area contributed by atoms with Gasteiger partial charge in [0.15, 0.2) is 0 Å². The van der Waals surface area contributed by atoms with Crippen LogP contribution in [0.15, 0.2) is 32.7 Å². The molecule has 4 nitrogen and oxygen atoms in total. The summed E-state index contributed by atoms with van der Waals surface area (Å²) in [4.78, 5) is 9.24. The van der Waals surface area contributed by atoms with Gasteiger partial charge < -0.3 is 9.47 Å². The summed E-state index contributed by atoms with van der Waals surface area (Å²) >= 11 is 3.54. The zero-order valence-corrected chi connectivity index (χ0v) is 14.3. The van der Waals surface area contributed by atoms with E-state index in [0.717, 1.165) is 15.6 Å². The average Bonchev–Trinajstić information content (AvgIpc) is 2.91. The van der Waals surface area contributed by atoms with Crippen LogP contribution in [0.1, 0.15) is 38.8 Å². The monoisotopic (exact) mass is 350 g/mol. The van der Waals surface area contributed by atoms with E-state index in [1.807, 2.05) is 18.2 Å². The Kier molecular flexibility index (Phi) is 3.35. The maximum atomic E-state index is 5.72. The Morgan fingerprint density at radius 2 is 1.29 bits per heavy atom. The van der Waals surface area contributed by atoms with Crippen LogP contribution in [0.25, 0.3) is 0 Å². The van der Waals surface area contributed by atoms with Gasteiger partial charge in [0, 0.05) is 15.6 Å². The van der Waals surface area contributed by atoms with E-state index in [2.05, 4.69) is 53.6 Å². The highest BCUT2D eigenvalue weighted by molar-refractivity contribution is 9.10. The van der Waals surface area contributed by atoms with E-state index >= 15 is 0 Å². The maximum Gasteiger partial charge on any atom is 0.216 e. The summed E-state index contributed by atoms with van der Waals surface area (Å²) in [5.41, 5.74) is 1.56. The Bertz CT molecular complexity index is 595. The molecule has 0 bridgehead atoms. The third-order valence-corrected chi connectivity index (χ3v) is 3.78. The predicted octanol–water partition coefficient (Wildman–Crippen LogP) is 3.56. The minimum absolute atomic E-state index is 0.165. The second kappa shape index (κ2) is 4.83. The number of hydrogen-bond acceptors (Lipinski definition) is 4. The van der Waals surface area contributed by atoms with Crippen molar-refractivity contribution in [1.29, 1.82) is 0 Å². The van der Waals surface area contributed by atoms with E-state index in [-0.39, 0.29) is 11.1 Å². The van der Waals surface area contributed by atoms with Crippen molar-refractivity contribution in [1.82, 2.24) is 0 Å². The van der Waals surface area contributed by atoms with Gasteiger partial charge in [0.25, 0.3) is 0 Å². The number of benzene rings is 1. The first-order valence-corrected chi connectivity index (χ1v) is 7.80. The standard InChI is InChI=1S/C16H19BrN2O2/c1-15(2)8-20-13(18-15)10-5-11(7-12(17)6-10)14-19-16(3,4)9-21-14/h5-7H,8-9H2,1-4H3. The van der Waals surface area contributed by atoms with Crippen LogP contribution in [0, 0.1) is 0 Å². The molecule has 0 unspecified atom stereocenters. The van der Waals surface area contributed by atoms with Crippen molar-refractivity contribution in [2.75, 3.05) is 13.2 Å². The molecule has 0 saturated heterocycles. The minimum atomic E-state index is -0.165. The molecule has 0 N–H and O–H groups in total. The van der Waals surface area contributed by atoms with Crippen molar-refractivity contribution in [3.63, 3.8) is 0 Å². The van der Waals surface area contributed by atoms with E-state index in [9.17, 15) is 0 Å². The Balaban J connectivity index is 1.99. The van der Waals surface area contributed by atoms with E-state index in [1.165, 1.54) is 0 Å². The molecular formula is C16H19BrN2O2. The van der Waals surface area contributed by atoms with Gasteiger partial charge in [0.05, 0.1) is 11.1 Å². The van der Waals surface area contributed by atoms with Crippen LogP contribution in [-0.4, -0.2) is 36.1 Å². The van der Waals surface area contributed by atoms with Gasteiger partial charge in [0.1, 0.15) is 13.2 Å². The summed E-state index contributed by atoms with van der Waals surface area (Å²) in [6, 6.07) is 6.03. The number of aliphatic imine (C=N–C) groups is 2. The highest BCUT2D eigenvalue weighted by atomic mass is 79.9. The van der Waals surface area contributed by atoms with Crippen molar-refractivity contribution in [2.45, 2.75) is 38.8 Å². The van der Waals surface area contributed by atoms with Gasteiger partial charge >= 0.3 is 0 Å². The van der Waals surface area contributed by atoms with Gasteiger partial charge in [-0.2, -0.15) is 0 Å². The first-order valence-electron chi connectivity index (χ1n) is 7.01. The van der Waals surface area contributed by atoms with Crippen LogP contribution in [0.5, 0.6) is 0 Å². The molecule has 2 aliphatic heterocycles. The van der Waals surface area contributed by atoms with Crippen molar-refractivity contribution < 1.29 is 9.47 Å². The highest BCUT2D eigenvalue weighted by Gasteiger charge is 2.29. The molecule has 0 atom stereocenters. The molecule has 0 spiro atoms. The zero-order valence-electron chi connectivity index (χ0n) is 12.7. The third-order valence-electron chi connectivity index (χ3n) is 3.32. The number of rotatable bonds is 2. The fourth-order valence-electron chi connectivity index (χ4n) is 2.30. The van der Waals surface area contributed by atoms with Crippen LogP contribution in [-0.2, 0) is 9.47 Å². The normalized spacial score (nSPS) is 22.3. The third kappa shape index (κ3) is 3.12. The molecule has 1 aromatic carbocycles. The largest absolute Gasteiger partial charge is 0.475 e. The quantitative estimate of drug-likeness (QED) is 0.818. The summed E-state index contributed by atoms with van der Waals surface area (Å²) in [7, 11) is 0. The molecule has 2 aliphatic rings. The first kappa shape index (κ1) is 14.6. The molecule has 0 fully saturated rings. The molecule has 0 saturated carbocycles. The fraction of sp³-hybridized carbons (Fsp3) is 0.500. The van der Waals surface area contributed by atoms with Crippen molar-refractivity contribution in [2.24, 2.45) is 9.98 Å². The summed E-state index contributed by atoms with van der Waals surface area (Å²) in [5, 5.41) is 0. The Hall–Kier alpha value is -1.36. The topological polar surface area (TPSA) is 43.2 Å². The van der Waals surface area contributed by atoms with Gasteiger partial charge in [-0.25, -0.2) is 9.98 Å². The van der Waals surface area contributed by atoms with Crippen molar-refractivity contribution in [3.05, 3.63) is 33.8 Å². The molecule has 21 heavy (non-hydrogen) atoms. The lowest BCUT2D eigenvalue weighted by Crippen LogP contribution is -2.17. The zero-order chi connectivity index (χ0) is 15.3. The number of ether oxygens (including phenoxy) is 2. The average molecular weight is 351 g/mol. The molecule has 0 amide bonds. The first-order chi connectivity index (χ1) is 9.74. The molecule has 2 heterocycles. The van der Waals surface area contributed by atoms with Crippen molar-refractivity contribution in [3.8, 4) is 0 Å². The van der Waals surface area contributed by atoms with Crippen LogP contribution >= 0.6 is 15.9 Å².